The minimum absolute atomic E-state index is 0.000257. The molecule has 2 aromatic rings. The molecular formula is C24H33NO3. The summed E-state index contributed by atoms with van der Waals surface area (Å²) in [7, 11) is 1.63. The first-order chi connectivity index (χ1) is 13.2. The van der Waals surface area contributed by atoms with E-state index in [1.165, 1.54) is 0 Å². The second kappa shape index (κ2) is 9.24. The van der Waals surface area contributed by atoms with Crippen molar-refractivity contribution in [1.82, 2.24) is 0 Å². The van der Waals surface area contributed by atoms with Crippen molar-refractivity contribution in [2.45, 2.75) is 52.5 Å². The van der Waals surface area contributed by atoms with E-state index in [0.29, 0.717) is 11.5 Å². The highest BCUT2D eigenvalue weighted by molar-refractivity contribution is 5.89. The highest BCUT2D eigenvalue weighted by Gasteiger charge is 2.19. The summed E-state index contributed by atoms with van der Waals surface area (Å²) in [6.07, 6.45) is 2.50. The Morgan fingerprint density at radius 3 is 2.25 bits per heavy atom. The topological polar surface area (TPSA) is 62.0 Å². The Kier molecular flexibility index (Phi) is 7.25. The van der Waals surface area contributed by atoms with Crippen LogP contribution in [0.3, 0.4) is 0 Å². The fourth-order valence-electron chi connectivity index (χ4n) is 3.09. The molecular weight excluding hydrogens is 350 g/mol. The Morgan fingerprint density at radius 1 is 1.11 bits per heavy atom. The molecule has 0 amide bonds. The zero-order valence-electron chi connectivity index (χ0n) is 17.9. The number of benzene rings is 2. The summed E-state index contributed by atoms with van der Waals surface area (Å²) in [6, 6.07) is 11.5. The summed E-state index contributed by atoms with van der Waals surface area (Å²) in [6.45, 7) is 10.7. The lowest BCUT2D eigenvalue weighted by atomic mass is 9.84. The van der Waals surface area contributed by atoms with Gasteiger partial charge in [0.05, 0.1) is 19.8 Å². The third-order valence-electron chi connectivity index (χ3n) is 4.79. The molecule has 0 heterocycles. The molecule has 152 valence electrons. The SMILES string of the molecule is COc1ccc(-c2cc(C(C)(C)C)cc(C=N[C@@H](CO)CC(C)C)c2O)cc1. The van der Waals surface area contributed by atoms with E-state index in [0.717, 1.165) is 28.9 Å². The highest BCUT2D eigenvalue weighted by atomic mass is 16.5. The van der Waals surface area contributed by atoms with E-state index in [9.17, 15) is 10.2 Å². The van der Waals surface area contributed by atoms with Crippen LogP contribution in [-0.2, 0) is 5.41 Å². The number of aliphatic imine (C=N–C) groups is 1. The standard InChI is InChI=1S/C24H33NO3/c1-16(2)11-20(15-26)25-14-18-12-19(24(3,4)5)13-22(23(18)27)17-7-9-21(28-6)10-8-17/h7-10,12-14,16,20,26-27H,11,15H2,1-6H3/t20-/m1/s1. The van der Waals surface area contributed by atoms with Crippen molar-refractivity contribution in [2.75, 3.05) is 13.7 Å². The Hall–Kier alpha value is -2.33. The summed E-state index contributed by atoms with van der Waals surface area (Å²) >= 11 is 0. The molecule has 2 N–H and O–H groups in total. The van der Waals surface area contributed by atoms with Crippen LogP contribution in [0.4, 0.5) is 0 Å². The van der Waals surface area contributed by atoms with Gasteiger partial charge in [0.25, 0.3) is 0 Å². The molecule has 0 aromatic heterocycles. The third kappa shape index (κ3) is 5.59. The maximum absolute atomic E-state index is 10.9. The molecule has 0 fully saturated rings. The average Bonchev–Trinajstić information content (AvgIpc) is 2.65. The minimum Gasteiger partial charge on any atom is -0.507 e. The predicted molar refractivity (Wildman–Crippen MR) is 117 cm³/mol. The number of hydrogen-bond acceptors (Lipinski definition) is 4. The number of methoxy groups -OCH3 is 1. The largest absolute Gasteiger partial charge is 0.507 e. The van der Waals surface area contributed by atoms with Gasteiger partial charge in [-0.25, -0.2) is 0 Å². The van der Waals surface area contributed by atoms with Gasteiger partial charge in [0.2, 0.25) is 0 Å². The molecule has 28 heavy (non-hydrogen) atoms. The number of phenols is 1. The normalized spacial score (nSPS) is 13.3. The number of aliphatic hydroxyl groups excluding tert-OH is 1. The van der Waals surface area contributed by atoms with Gasteiger partial charge in [0.1, 0.15) is 11.5 Å². The summed E-state index contributed by atoms with van der Waals surface area (Å²) in [4.78, 5) is 4.54. The van der Waals surface area contributed by atoms with Gasteiger partial charge >= 0.3 is 0 Å². The van der Waals surface area contributed by atoms with E-state index in [4.69, 9.17) is 4.74 Å². The Morgan fingerprint density at radius 2 is 1.75 bits per heavy atom. The van der Waals surface area contributed by atoms with Crippen LogP contribution in [0.1, 0.15) is 52.2 Å². The van der Waals surface area contributed by atoms with Crippen LogP contribution in [0.2, 0.25) is 0 Å². The van der Waals surface area contributed by atoms with Crippen LogP contribution in [0, 0.1) is 5.92 Å². The zero-order chi connectivity index (χ0) is 20.9. The monoisotopic (exact) mass is 383 g/mol. The molecule has 1 atom stereocenters. The number of hydrogen-bond donors (Lipinski definition) is 2. The fourth-order valence-corrected chi connectivity index (χ4v) is 3.09. The van der Waals surface area contributed by atoms with Gasteiger partial charge in [-0.15, -0.1) is 0 Å². The smallest absolute Gasteiger partial charge is 0.132 e. The van der Waals surface area contributed by atoms with Crippen LogP contribution >= 0.6 is 0 Å². The first kappa shape index (κ1) is 22.0. The Labute approximate surface area is 168 Å². The first-order valence-corrected chi connectivity index (χ1v) is 9.81. The van der Waals surface area contributed by atoms with Gasteiger partial charge in [-0.2, -0.15) is 0 Å². The average molecular weight is 384 g/mol. The summed E-state index contributed by atoms with van der Waals surface area (Å²) in [5.41, 5.74) is 3.38. The Bertz CT molecular complexity index is 802. The minimum atomic E-state index is -0.165. The van der Waals surface area contributed by atoms with Gasteiger partial charge in [0, 0.05) is 17.3 Å². The van der Waals surface area contributed by atoms with E-state index < -0.39 is 0 Å². The molecule has 0 saturated carbocycles. The molecule has 4 heteroatoms. The van der Waals surface area contributed by atoms with Crippen molar-refractivity contribution in [3.8, 4) is 22.6 Å². The number of phenolic OH excluding ortho intramolecular Hbond substituents is 1. The van der Waals surface area contributed by atoms with Crippen LogP contribution in [0.25, 0.3) is 11.1 Å². The maximum atomic E-state index is 10.9. The molecule has 4 nitrogen and oxygen atoms in total. The van der Waals surface area contributed by atoms with E-state index in [-0.39, 0.29) is 23.8 Å². The molecule has 0 bridgehead atoms. The lowest BCUT2D eigenvalue weighted by molar-refractivity contribution is 0.251. The number of aromatic hydroxyl groups is 1. The Balaban J connectivity index is 2.52. The summed E-state index contributed by atoms with van der Waals surface area (Å²) in [5, 5.41) is 20.5. The molecule has 0 aliphatic heterocycles. The van der Waals surface area contributed by atoms with Gasteiger partial charge in [0.15, 0.2) is 0 Å². The van der Waals surface area contributed by atoms with Crippen molar-refractivity contribution >= 4 is 6.21 Å². The third-order valence-corrected chi connectivity index (χ3v) is 4.79. The van der Waals surface area contributed by atoms with Gasteiger partial charge in [-0.05, 0) is 53.1 Å². The van der Waals surface area contributed by atoms with E-state index in [1.807, 2.05) is 36.4 Å². The van der Waals surface area contributed by atoms with Crippen LogP contribution in [-0.4, -0.2) is 36.2 Å². The van der Waals surface area contributed by atoms with Crippen molar-refractivity contribution < 1.29 is 14.9 Å². The molecule has 2 aromatic carbocycles. The van der Waals surface area contributed by atoms with Crippen molar-refractivity contribution in [3.05, 3.63) is 47.5 Å². The quantitative estimate of drug-likeness (QED) is 0.647. The molecule has 2 rings (SSSR count). The number of rotatable bonds is 7. The summed E-state index contributed by atoms with van der Waals surface area (Å²) in [5.74, 6) is 1.42. The molecule has 0 aliphatic rings. The van der Waals surface area contributed by atoms with Crippen LogP contribution in [0.5, 0.6) is 11.5 Å². The van der Waals surface area contributed by atoms with E-state index in [2.05, 4.69) is 39.6 Å². The van der Waals surface area contributed by atoms with Crippen molar-refractivity contribution in [3.63, 3.8) is 0 Å². The highest BCUT2D eigenvalue weighted by Crippen LogP contribution is 2.37. The van der Waals surface area contributed by atoms with Gasteiger partial charge in [-0.3, -0.25) is 4.99 Å². The van der Waals surface area contributed by atoms with Crippen LogP contribution in [0.15, 0.2) is 41.4 Å². The molecule has 0 spiro atoms. The molecule has 0 saturated heterocycles. The second-order valence-corrected chi connectivity index (χ2v) is 8.68. The first-order valence-electron chi connectivity index (χ1n) is 9.81. The lowest BCUT2D eigenvalue weighted by Crippen LogP contribution is -2.14. The maximum Gasteiger partial charge on any atom is 0.132 e. The van der Waals surface area contributed by atoms with E-state index >= 15 is 0 Å². The zero-order valence-corrected chi connectivity index (χ0v) is 17.9. The van der Waals surface area contributed by atoms with E-state index in [1.54, 1.807) is 13.3 Å². The molecule has 0 unspecified atom stereocenters. The fraction of sp³-hybridized carbons (Fsp3) is 0.458. The molecule has 0 radical (unpaired) electrons. The predicted octanol–water partition coefficient (Wildman–Crippen LogP) is 5.19. The van der Waals surface area contributed by atoms with Gasteiger partial charge in [-0.1, -0.05) is 46.8 Å². The number of nitrogens with zero attached hydrogens (tertiary/aromatic N) is 1. The molecule has 0 aliphatic carbocycles. The number of ether oxygens (including phenoxy) is 1. The lowest BCUT2D eigenvalue weighted by Gasteiger charge is -2.22. The van der Waals surface area contributed by atoms with Crippen molar-refractivity contribution in [1.29, 1.82) is 0 Å². The number of aliphatic hydroxyl groups is 1. The second-order valence-electron chi connectivity index (χ2n) is 8.68. The van der Waals surface area contributed by atoms with Crippen molar-refractivity contribution in [2.24, 2.45) is 10.9 Å². The summed E-state index contributed by atoms with van der Waals surface area (Å²) < 4.78 is 5.24. The van der Waals surface area contributed by atoms with Gasteiger partial charge < -0.3 is 14.9 Å². The van der Waals surface area contributed by atoms with Crippen LogP contribution < -0.4 is 4.74 Å².